The van der Waals surface area contributed by atoms with Crippen molar-refractivity contribution >= 4 is 11.8 Å². The molecule has 1 aromatic rings. The van der Waals surface area contributed by atoms with Crippen molar-refractivity contribution in [2.75, 3.05) is 6.61 Å². The summed E-state index contributed by atoms with van der Waals surface area (Å²) in [5.74, 6) is -0.230. The molecule has 0 aliphatic heterocycles. The molecule has 5 heteroatoms. The standard InChI is InChI=1S/C22H26O5/c23-18(16-27-19-8-4-3-5-9-19)14-12-17-13-15-21(24)20(17)10-6-1-2-7-11-22(25)26/h1,3-6,8-9,12-15,17-18,20,23H,2,7,10-11,16H2,(H,25,26)/b6-1-,14-12+/t17?,18-,20-/m1/s1. The van der Waals surface area contributed by atoms with E-state index in [1.54, 1.807) is 12.2 Å². The summed E-state index contributed by atoms with van der Waals surface area (Å²) in [5, 5.41) is 18.7. The molecule has 0 fully saturated rings. The minimum absolute atomic E-state index is 0.0486. The zero-order valence-corrected chi connectivity index (χ0v) is 15.2. The van der Waals surface area contributed by atoms with Gasteiger partial charge in [0.25, 0.3) is 0 Å². The number of unbranched alkanes of at least 4 members (excludes halogenated alkanes) is 1. The highest BCUT2D eigenvalue weighted by molar-refractivity contribution is 5.95. The average molecular weight is 370 g/mol. The van der Waals surface area contributed by atoms with Crippen LogP contribution in [0.15, 0.2) is 66.8 Å². The molecule has 1 aliphatic carbocycles. The molecule has 1 unspecified atom stereocenters. The first kappa shape index (κ1) is 20.6. The van der Waals surface area contributed by atoms with Gasteiger partial charge in [0.1, 0.15) is 18.5 Å². The highest BCUT2D eigenvalue weighted by Crippen LogP contribution is 2.27. The van der Waals surface area contributed by atoms with E-state index in [2.05, 4.69) is 0 Å². The number of para-hydroxylation sites is 1. The van der Waals surface area contributed by atoms with E-state index in [0.717, 1.165) is 0 Å². The number of hydrogen-bond acceptors (Lipinski definition) is 4. The van der Waals surface area contributed by atoms with Crippen molar-refractivity contribution in [1.29, 1.82) is 0 Å². The van der Waals surface area contributed by atoms with Crippen LogP contribution in [0.5, 0.6) is 5.75 Å². The molecule has 0 amide bonds. The number of carboxylic acid groups (broad SMARTS) is 1. The number of aliphatic hydroxyl groups is 1. The summed E-state index contributed by atoms with van der Waals surface area (Å²) in [6, 6.07) is 9.28. The van der Waals surface area contributed by atoms with Crippen LogP contribution in [-0.2, 0) is 9.59 Å². The maximum atomic E-state index is 12.0. The second-order valence-electron chi connectivity index (χ2n) is 6.51. The van der Waals surface area contributed by atoms with Crippen LogP contribution < -0.4 is 4.74 Å². The van der Waals surface area contributed by atoms with Gasteiger partial charge in [-0.05, 0) is 37.5 Å². The molecule has 3 atom stereocenters. The van der Waals surface area contributed by atoms with Gasteiger partial charge in [-0.3, -0.25) is 9.59 Å². The summed E-state index contributed by atoms with van der Waals surface area (Å²) in [5.41, 5.74) is 0. The maximum absolute atomic E-state index is 12.0. The molecule has 0 saturated carbocycles. The van der Waals surface area contributed by atoms with Gasteiger partial charge in [0.2, 0.25) is 0 Å². The fourth-order valence-electron chi connectivity index (χ4n) is 2.87. The van der Waals surface area contributed by atoms with E-state index in [0.29, 0.717) is 25.0 Å². The van der Waals surface area contributed by atoms with E-state index >= 15 is 0 Å². The minimum atomic E-state index is -0.793. The molecule has 0 saturated heterocycles. The van der Waals surface area contributed by atoms with Gasteiger partial charge >= 0.3 is 5.97 Å². The number of ether oxygens (including phenoxy) is 1. The number of benzene rings is 1. The zero-order valence-electron chi connectivity index (χ0n) is 15.2. The zero-order chi connectivity index (χ0) is 19.5. The van der Waals surface area contributed by atoms with E-state index in [1.807, 2.05) is 54.6 Å². The summed E-state index contributed by atoms with van der Waals surface area (Å²) in [6.45, 7) is 0.152. The van der Waals surface area contributed by atoms with Gasteiger partial charge in [-0.2, -0.15) is 0 Å². The monoisotopic (exact) mass is 370 g/mol. The molecule has 0 radical (unpaired) electrons. The molecule has 27 heavy (non-hydrogen) atoms. The van der Waals surface area contributed by atoms with E-state index in [-0.39, 0.29) is 30.6 Å². The Morgan fingerprint density at radius 2 is 2.00 bits per heavy atom. The fraction of sp³-hybridized carbons (Fsp3) is 0.364. The molecule has 144 valence electrons. The topological polar surface area (TPSA) is 83.8 Å². The third-order valence-electron chi connectivity index (χ3n) is 4.35. The van der Waals surface area contributed by atoms with Crippen LogP contribution in [0.2, 0.25) is 0 Å². The van der Waals surface area contributed by atoms with E-state index in [9.17, 15) is 14.7 Å². The molecule has 0 bridgehead atoms. The van der Waals surface area contributed by atoms with Crippen LogP contribution in [0.3, 0.4) is 0 Å². The second-order valence-corrected chi connectivity index (χ2v) is 6.51. The number of aliphatic hydroxyl groups excluding tert-OH is 1. The van der Waals surface area contributed by atoms with Gasteiger partial charge in [0, 0.05) is 18.3 Å². The lowest BCUT2D eigenvalue weighted by atomic mass is 9.90. The third kappa shape index (κ3) is 7.62. The number of allylic oxidation sites excluding steroid dienone is 5. The Kier molecular flexibility index (Phi) is 8.52. The van der Waals surface area contributed by atoms with Crippen LogP contribution in [0, 0.1) is 11.8 Å². The molecule has 0 spiro atoms. The van der Waals surface area contributed by atoms with E-state index in [1.165, 1.54) is 0 Å². The molecule has 1 aliphatic rings. The smallest absolute Gasteiger partial charge is 0.303 e. The lowest BCUT2D eigenvalue weighted by Crippen LogP contribution is -2.17. The number of hydrogen-bond donors (Lipinski definition) is 2. The number of carboxylic acids is 1. The van der Waals surface area contributed by atoms with Gasteiger partial charge in [-0.15, -0.1) is 0 Å². The minimum Gasteiger partial charge on any atom is -0.491 e. The Bertz CT molecular complexity index is 690. The Morgan fingerprint density at radius 1 is 1.22 bits per heavy atom. The van der Waals surface area contributed by atoms with Crippen molar-refractivity contribution in [3.63, 3.8) is 0 Å². The van der Waals surface area contributed by atoms with Crippen molar-refractivity contribution in [3.05, 3.63) is 66.8 Å². The molecule has 0 aromatic heterocycles. The Balaban J connectivity index is 1.76. The predicted molar refractivity (Wildman–Crippen MR) is 103 cm³/mol. The number of carbonyl (C=O) groups is 2. The third-order valence-corrected chi connectivity index (χ3v) is 4.35. The molecule has 5 nitrogen and oxygen atoms in total. The summed E-state index contributed by atoms with van der Waals surface area (Å²) in [4.78, 5) is 22.5. The van der Waals surface area contributed by atoms with Crippen LogP contribution >= 0.6 is 0 Å². The highest BCUT2D eigenvalue weighted by atomic mass is 16.5. The number of aliphatic carboxylic acids is 1. The van der Waals surface area contributed by atoms with Crippen molar-refractivity contribution < 1.29 is 24.5 Å². The summed E-state index contributed by atoms with van der Waals surface area (Å²) < 4.78 is 5.51. The van der Waals surface area contributed by atoms with Gasteiger partial charge < -0.3 is 14.9 Å². The van der Waals surface area contributed by atoms with Crippen LogP contribution in [0.4, 0.5) is 0 Å². The Hall–Kier alpha value is -2.66. The second kappa shape index (κ2) is 11.1. The quantitative estimate of drug-likeness (QED) is 0.460. The van der Waals surface area contributed by atoms with Crippen molar-refractivity contribution in [2.24, 2.45) is 11.8 Å². The molecule has 2 N–H and O–H groups in total. The first-order valence-electron chi connectivity index (χ1n) is 9.19. The van der Waals surface area contributed by atoms with Crippen LogP contribution in [-0.4, -0.2) is 34.7 Å². The number of carbonyl (C=O) groups excluding carboxylic acids is 1. The Labute approximate surface area is 159 Å². The summed E-state index contributed by atoms with van der Waals surface area (Å²) >= 11 is 0. The normalized spacial score (nSPS) is 20.6. The van der Waals surface area contributed by atoms with Gasteiger partial charge in [-0.25, -0.2) is 0 Å². The van der Waals surface area contributed by atoms with Gasteiger partial charge in [0.05, 0.1) is 0 Å². The number of rotatable bonds is 11. The van der Waals surface area contributed by atoms with Crippen molar-refractivity contribution in [2.45, 2.75) is 31.8 Å². The summed E-state index contributed by atoms with van der Waals surface area (Å²) in [7, 11) is 0. The molecular formula is C22H26O5. The summed E-state index contributed by atoms with van der Waals surface area (Å²) in [6.07, 6.45) is 12.1. The van der Waals surface area contributed by atoms with Crippen molar-refractivity contribution in [1.82, 2.24) is 0 Å². The van der Waals surface area contributed by atoms with Gasteiger partial charge in [0.15, 0.2) is 5.78 Å². The number of ketones is 1. The lowest BCUT2D eigenvalue weighted by Gasteiger charge is -2.14. The molecular weight excluding hydrogens is 344 g/mol. The lowest BCUT2D eigenvalue weighted by molar-refractivity contribution is -0.137. The predicted octanol–water partition coefficient (Wildman–Crippen LogP) is 3.56. The van der Waals surface area contributed by atoms with E-state index < -0.39 is 12.1 Å². The Morgan fingerprint density at radius 3 is 2.74 bits per heavy atom. The van der Waals surface area contributed by atoms with Crippen LogP contribution in [0.1, 0.15) is 25.7 Å². The SMILES string of the molecule is O=C(O)CCC/C=C\C[C@H]1C(=O)C=CC1/C=C/[C@@H](O)COc1ccccc1. The van der Waals surface area contributed by atoms with Crippen LogP contribution in [0.25, 0.3) is 0 Å². The van der Waals surface area contributed by atoms with Gasteiger partial charge in [-0.1, -0.05) is 48.6 Å². The molecule has 2 rings (SSSR count). The molecule has 0 heterocycles. The maximum Gasteiger partial charge on any atom is 0.303 e. The van der Waals surface area contributed by atoms with Crippen molar-refractivity contribution in [3.8, 4) is 5.75 Å². The average Bonchev–Trinajstić information content (AvgIpc) is 3.01. The first-order chi connectivity index (χ1) is 13.1. The fourth-order valence-corrected chi connectivity index (χ4v) is 2.87. The van der Waals surface area contributed by atoms with E-state index in [4.69, 9.17) is 9.84 Å². The molecule has 1 aromatic carbocycles. The largest absolute Gasteiger partial charge is 0.491 e. The highest BCUT2D eigenvalue weighted by Gasteiger charge is 2.27. The first-order valence-corrected chi connectivity index (χ1v) is 9.19.